The second-order valence-electron chi connectivity index (χ2n) is 8.04. The predicted molar refractivity (Wildman–Crippen MR) is 125 cm³/mol. The Morgan fingerprint density at radius 2 is 1.85 bits per heavy atom. The molecule has 0 amide bonds. The largest absolute Gasteiger partial charge is 0.350 e. The minimum atomic E-state index is -0.632. The molecule has 1 fully saturated rings. The summed E-state index contributed by atoms with van der Waals surface area (Å²) >= 11 is 13.0. The molecule has 0 radical (unpaired) electrons. The maximum Gasteiger partial charge on any atom is 0.225 e. The predicted octanol–water partition coefficient (Wildman–Crippen LogP) is 5.30. The van der Waals surface area contributed by atoms with E-state index in [1.54, 1.807) is 24.4 Å². The average Bonchev–Trinajstić information content (AvgIpc) is 3.40. The van der Waals surface area contributed by atoms with E-state index < -0.39 is 11.6 Å². The fourth-order valence-corrected chi connectivity index (χ4v) is 4.67. The number of anilines is 1. The molecule has 2 aromatic carbocycles. The van der Waals surface area contributed by atoms with Crippen LogP contribution in [0, 0.1) is 17.6 Å². The first-order valence-electron chi connectivity index (χ1n) is 10.5. The minimum absolute atomic E-state index is 0.171. The van der Waals surface area contributed by atoms with Crippen LogP contribution in [-0.2, 0) is 13.1 Å². The van der Waals surface area contributed by atoms with Crippen LogP contribution in [0.3, 0.4) is 0 Å². The van der Waals surface area contributed by atoms with Crippen molar-refractivity contribution in [2.45, 2.75) is 19.5 Å². The molecule has 0 saturated carbocycles. The van der Waals surface area contributed by atoms with Crippen molar-refractivity contribution in [2.75, 3.05) is 18.4 Å². The molecular formula is C23H20Cl2F2N6. The van der Waals surface area contributed by atoms with Crippen molar-refractivity contribution in [3.63, 3.8) is 0 Å². The Morgan fingerprint density at radius 1 is 1.09 bits per heavy atom. The molecule has 4 aromatic rings. The maximum absolute atomic E-state index is 13.5. The van der Waals surface area contributed by atoms with Gasteiger partial charge in [-0.1, -0.05) is 29.3 Å². The fraction of sp³-hybridized carbons (Fsp3) is 0.261. The van der Waals surface area contributed by atoms with Gasteiger partial charge in [-0.2, -0.15) is 4.98 Å². The zero-order valence-electron chi connectivity index (χ0n) is 17.5. The van der Waals surface area contributed by atoms with Gasteiger partial charge in [0.2, 0.25) is 5.95 Å². The molecule has 1 atom stereocenters. The Labute approximate surface area is 199 Å². The molecule has 1 saturated heterocycles. The smallest absolute Gasteiger partial charge is 0.225 e. The van der Waals surface area contributed by atoms with Crippen LogP contribution in [0.1, 0.15) is 12.0 Å². The zero-order valence-corrected chi connectivity index (χ0v) is 19.0. The van der Waals surface area contributed by atoms with Crippen LogP contribution in [-0.4, -0.2) is 32.6 Å². The molecule has 0 bridgehead atoms. The first kappa shape index (κ1) is 22.0. The summed E-state index contributed by atoms with van der Waals surface area (Å²) in [6, 6.07) is 8.72. The van der Waals surface area contributed by atoms with Gasteiger partial charge in [0, 0.05) is 19.2 Å². The molecule has 10 heteroatoms. The Hall–Kier alpha value is -2.81. The number of benzene rings is 2. The van der Waals surface area contributed by atoms with Gasteiger partial charge in [-0.15, -0.1) is 0 Å². The molecule has 170 valence electrons. The summed E-state index contributed by atoms with van der Waals surface area (Å²) in [7, 11) is 0. The number of hydrogen-bond acceptors (Lipinski definition) is 5. The maximum atomic E-state index is 13.5. The number of aromatic nitrogens is 4. The van der Waals surface area contributed by atoms with Gasteiger partial charge in [-0.25, -0.2) is 18.7 Å². The lowest BCUT2D eigenvalue weighted by Crippen LogP contribution is -2.16. The second-order valence-corrected chi connectivity index (χ2v) is 8.85. The van der Waals surface area contributed by atoms with E-state index in [4.69, 9.17) is 28.2 Å². The monoisotopic (exact) mass is 488 g/mol. The fourth-order valence-electron chi connectivity index (χ4n) is 4.10. The lowest BCUT2D eigenvalue weighted by Gasteiger charge is -2.15. The molecule has 2 N–H and O–H groups in total. The average molecular weight is 489 g/mol. The summed E-state index contributed by atoms with van der Waals surface area (Å²) in [5.41, 5.74) is 2.34. The number of nitrogens with zero attached hydrogens (tertiary/aromatic N) is 4. The van der Waals surface area contributed by atoms with Crippen LogP contribution in [0.2, 0.25) is 10.0 Å². The lowest BCUT2D eigenvalue weighted by molar-refractivity contribution is 0.490. The molecule has 2 aromatic heterocycles. The molecule has 6 nitrogen and oxygen atoms in total. The van der Waals surface area contributed by atoms with Crippen LogP contribution >= 0.6 is 23.2 Å². The molecule has 1 unspecified atom stereocenters. The van der Waals surface area contributed by atoms with Gasteiger partial charge in [0.1, 0.15) is 23.0 Å². The van der Waals surface area contributed by atoms with Crippen molar-refractivity contribution in [2.24, 2.45) is 5.92 Å². The van der Waals surface area contributed by atoms with Gasteiger partial charge in [-0.3, -0.25) is 0 Å². The van der Waals surface area contributed by atoms with Crippen LogP contribution < -0.4 is 10.6 Å². The summed E-state index contributed by atoms with van der Waals surface area (Å²) in [4.78, 5) is 13.7. The molecule has 5 rings (SSSR count). The molecule has 0 spiro atoms. The summed E-state index contributed by atoms with van der Waals surface area (Å²) in [6.45, 7) is 2.72. The Morgan fingerprint density at radius 3 is 2.55 bits per heavy atom. The van der Waals surface area contributed by atoms with Crippen molar-refractivity contribution in [1.82, 2.24) is 24.8 Å². The van der Waals surface area contributed by atoms with Gasteiger partial charge in [0.15, 0.2) is 5.65 Å². The molecule has 0 aliphatic carbocycles. The van der Waals surface area contributed by atoms with Gasteiger partial charge >= 0.3 is 0 Å². The van der Waals surface area contributed by atoms with Crippen LogP contribution in [0.5, 0.6) is 0 Å². The van der Waals surface area contributed by atoms with E-state index in [1.807, 2.05) is 4.57 Å². The van der Waals surface area contributed by atoms with E-state index in [9.17, 15) is 8.78 Å². The van der Waals surface area contributed by atoms with E-state index in [0.29, 0.717) is 56.6 Å². The highest BCUT2D eigenvalue weighted by Crippen LogP contribution is 2.36. The van der Waals surface area contributed by atoms with Crippen LogP contribution in [0.4, 0.5) is 14.7 Å². The van der Waals surface area contributed by atoms with Gasteiger partial charge < -0.3 is 15.2 Å². The van der Waals surface area contributed by atoms with Crippen molar-refractivity contribution in [1.29, 1.82) is 0 Å². The van der Waals surface area contributed by atoms with Crippen LogP contribution in [0.25, 0.3) is 22.6 Å². The highest BCUT2D eigenvalue weighted by molar-refractivity contribution is 6.39. The lowest BCUT2D eigenvalue weighted by atomic mass is 10.1. The number of imidazole rings is 1. The highest BCUT2D eigenvalue weighted by atomic mass is 35.5. The summed E-state index contributed by atoms with van der Waals surface area (Å²) < 4.78 is 29.0. The topological polar surface area (TPSA) is 67.7 Å². The number of hydrogen-bond donors (Lipinski definition) is 2. The molecule has 1 aliphatic heterocycles. The quantitative estimate of drug-likeness (QED) is 0.385. The van der Waals surface area contributed by atoms with Gasteiger partial charge in [-0.05, 0) is 55.3 Å². The Kier molecular flexibility index (Phi) is 6.14. The minimum Gasteiger partial charge on any atom is -0.350 e. The second kappa shape index (κ2) is 9.21. The van der Waals surface area contributed by atoms with Crippen molar-refractivity contribution in [3.05, 3.63) is 69.8 Å². The van der Waals surface area contributed by atoms with Gasteiger partial charge in [0.05, 0.1) is 21.8 Å². The molecule has 3 heterocycles. The van der Waals surface area contributed by atoms with E-state index in [1.165, 1.54) is 12.1 Å². The SMILES string of the molecule is Fc1cc(F)cc(CNc2ncc3nc(-c4c(Cl)cccc4Cl)n(CC4CCNC4)c3n2)c1. The van der Waals surface area contributed by atoms with Crippen LogP contribution in [0.15, 0.2) is 42.6 Å². The third-order valence-electron chi connectivity index (χ3n) is 5.65. The van der Waals surface area contributed by atoms with Crippen molar-refractivity contribution < 1.29 is 8.78 Å². The number of halogens is 4. The van der Waals surface area contributed by atoms with E-state index in [0.717, 1.165) is 25.6 Å². The molecular weight excluding hydrogens is 469 g/mol. The summed E-state index contributed by atoms with van der Waals surface area (Å²) in [6.07, 6.45) is 2.66. The third kappa shape index (κ3) is 4.64. The van der Waals surface area contributed by atoms with Crippen molar-refractivity contribution in [3.8, 4) is 11.4 Å². The number of nitrogens with one attached hydrogen (secondary N) is 2. The zero-order chi connectivity index (χ0) is 22.9. The molecule has 33 heavy (non-hydrogen) atoms. The van der Waals surface area contributed by atoms with E-state index in [2.05, 4.69) is 20.6 Å². The normalized spacial score (nSPS) is 15.9. The van der Waals surface area contributed by atoms with Gasteiger partial charge in [0.25, 0.3) is 0 Å². The number of rotatable bonds is 6. The highest BCUT2D eigenvalue weighted by Gasteiger charge is 2.23. The molecule has 1 aliphatic rings. The number of fused-ring (bicyclic) bond motifs is 1. The first-order chi connectivity index (χ1) is 16.0. The summed E-state index contributed by atoms with van der Waals surface area (Å²) in [5, 5.41) is 7.43. The Bertz CT molecular complexity index is 1280. The van der Waals surface area contributed by atoms with Crippen molar-refractivity contribution >= 4 is 40.3 Å². The Balaban J connectivity index is 1.54. The van der Waals surface area contributed by atoms with E-state index >= 15 is 0 Å². The van der Waals surface area contributed by atoms with E-state index in [-0.39, 0.29) is 6.54 Å². The third-order valence-corrected chi connectivity index (χ3v) is 6.28. The summed E-state index contributed by atoms with van der Waals surface area (Å²) in [5.74, 6) is 0.102. The standard InChI is InChI=1S/C23H20Cl2F2N6/c24-17-2-1-3-18(25)20(17)22-31-19-11-30-23(29-10-14-6-15(26)8-16(27)7-14)32-21(19)33(22)12-13-4-5-28-9-13/h1-3,6-8,11,13,28H,4-5,9-10,12H2,(H,29,30,32). The first-order valence-corrected chi connectivity index (χ1v) is 11.3.